The van der Waals surface area contributed by atoms with Crippen LogP contribution in [0.3, 0.4) is 0 Å². The molecule has 0 aliphatic carbocycles. The third-order valence-electron chi connectivity index (χ3n) is 1.55. The van der Waals surface area contributed by atoms with Crippen molar-refractivity contribution in [3.8, 4) is 0 Å². The monoisotopic (exact) mass is 190 g/mol. The number of hydrogen-bond donors (Lipinski definition) is 1. The number of ether oxygens (including phenoxy) is 1. The van der Waals surface area contributed by atoms with Gasteiger partial charge < -0.3 is 9.84 Å². The van der Waals surface area contributed by atoms with Gasteiger partial charge in [0.25, 0.3) is 0 Å². The molecular formula is C10H22O3. The molecule has 0 spiro atoms. The molecule has 0 rings (SSSR count). The number of hydrogen-bond acceptors (Lipinski definition) is 3. The molecule has 0 radical (unpaired) electrons. The fourth-order valence-corrected chi connectivity index (χ4v) is 0.715. The standard InChI is InChI=1S/C7H16O.C3H6O2/c1-2-3-4-5-6-7-8;1-3(4)5-2/h8H,2-7H2,1H3;1-2H3. The van der Waals surface area contributed by atoms with Crippen LogP contribution in [0.5, 0.6) is 0 Å². The minimum absolute atomic E-state index is 0.245. The topological polar surface area (TPSA) is 46.5 Å². The first-order valence-corrected chi connectivity index (χ1v) is 4.84. The average molecular weight is 190 g/mol. The SMILES string of the molecule is CCCCCCCO.COC(C)=O. The molecule has 0 unspecified atom stereocenters. The number of carbonyl (C=O) groups excluding carboxylic acids is 1. The van der Waals surface area contributed by atoms with Crippen molar-refractivity contribution in [3.63, 3.8) is 0 Å². The molecule has 0 aromatic heterocycles. The molecule has 3 nitrogen and oxygen atoms in total. The van der Waals surface area contributed by atoms with E-state index in [1.54, 1.807) is 0 Å². The number of unbranched alkanes of at least 4 members (excludes halogenated alkanes) is 4. The number of aliphatic hydroxyl groups excluding tert-OH is 1. The Balaban J connectivity index is 0. The zero-order valence-corrected chi connectivity index (χ0v) is 9.01. The van der Waals surface area contributed by atoms with Crippen LogP contribution in [-0.4, -0.2) is 24.8 Å². The molecule has 0 aliphatic rings. The largest absolute Gasteiger partial charge is 0.469 e. The summed E-state index contributed by atoms with van der Waals surface area (Å²) < 4.78 is 4.11. The van der Waals surface area contributed by atoms with Crippen LogP contribution in [0.2, 0.25) is 0 Å². The van der Waals surface area contributed by atoms with Crippen LogP contribution in [-0.2, 0) is 9.53 Å². The lowest BCUT2D eigenvalue weighted by atomic mass is 10.2. The van der Waals surface area contributed by atoms with E-state index in [9.17, 15) is 4.79 Å². The third kappa shape index (κ3) is 24.6. The Bertz CT molecular complexity index is 96.3. The molecule has 0 aromatic rings. The molecule has 80 valence electrons. The van der Waals surface area contributed by atoms with Gasteiger partial charge in [-0.15, -0.1) is 0 Å². The first-order chi connectivity index (χ1) is 6.18. The van der Waals surface area contributed by atoms with Gasteiger partial charge in [-0.25, -0.2) is 0 Å². The predicted octanol–water partition coefficient (Wildman–Crippen LogP) is 2.13. The second-order valence-electron chi connectivity index (χ2n) is 2.83. The summed E-state index contributed by atoms with van der Waals surface area (Å²) in [5.74, 6) is -0.245. The molecule has 0 fully saturated rings. The van der Waals surface area contributed by atoms with E-state index < -0.39 is 0 Å². The van der Waals surface area contributed by atoms with Crippen molar-refractivity contribution < 1.29 is 14.6 Å². The first-order valence-electron chi connectivity index (χ1n) is 4.84. The van der Waals surface area contributed by atoms with Crippen molar-refractivity contribution in [2.75, 3.05) is 13.7 Å². The maximum absolute atomic E-state index is 9.59. The lowest BCUT2D eigenvalue weighted by Crippen LogP contribution is -1.88. The van der Waals surface area contributed by atoms with Crippen molar-refractivity contribution in [1.29, 1.82) is 0 Å². The van der Waals surface area contributed by atoms with Crippen LogP contribution in [0, 0.1) is 0 Å². The van der Waals surface area contributed by atoms with Crippen molar-refractivity contribution in [3.05, 3.63) is 0 Å². The highest BCUT2D eigenvalue weighted by Crippen LogP contribution is 2.00. The first kappa shape index (κ1) is 14.9. The summed E-state index contributed by atoms with van der Waals surface area (Å²) >= 11 is 0. The maximum atomic E-state index is 9.59. The normalized spacial score (nSPS) is 8.62. The zero-order valence-electron chi connectivity index (χ0n) is 9.01. The van der Waals surface area contributed by atoms with Crippen LogP contribution in [0.25, 0.3) is 0 Å². The highest BCUT2D eigenvalue weighted by Gasteiger charge is 1.84. The molecule has 0 bridgehead atoms. The van der Waals surface area contributed by atoms with E-state index in [1.165, 1.54) is 39.7 Å². The van der Waals surface area contributed by atoms with E-state index in [2.05, 4.69) is 11.7 Å². The Morgan fingerprint density at radius 2 is 1.69 bits per heavy atom. The highest BCUT2D eigenvalue weighted by atomic mass is 16.5. The van der Waals surface area contributed by atoms with Crippen LogP contribution in [0.4, 0.5) is 0 Å². The summed E-state index contributed by atoms with van der Waals surface area (Å²) in [6.45, 7) is 3.92. The fourth-order valence-electron chi connectivity index (χ4n) is 0.715. The van der Waals surface area contributed by atoms with E-state index in [-0.39, 0.29) is 5.97 Å². The Morgan fingerprint density at radius 1 is 1.23 bits per heavy atom. The van der Waals surface area contributed by atoms with E-state index in [0.717, 1.165) is 6.42 Å². The fraction of sp³-hybridized carbons (Fsp3) is 0.900. The number of methoxy groups -OCH3 is 1. The van der Waals surface area contributed by atoms with Gasteiger partial charge in [0.2, 0.25) is 0 Å². The quantitative estimate of drug-likeness (QED) is 0.533. The van der Waals surface area contributed by atoms with E-state index >= 15 is 0 Å². The lowest BCUT2D eigenvalue weighted by Gasteiger charge is -1.93. The molecule has 0 amide bonds. The van der Waals surface area contributed by atoms with Gasteiger partial charge >= 0.3 is 5.97 Å². The minimum atomic E-state index is -0.245. The molecule has 0 atom stereocenters. The molecule has 0 aromatic carbocycles. The molecule has 0 saturated carbocycles. The Kier molecular flexibility index (Phi) is 16.1. The zero-order chi connectivity index (χ0) is 10.5. The average Bonchev–Trinajstić information content (AvgIpc) is 2.14. The van der Waals surface area contributed by atoms with E-state index in [4.69, 9.17) is 5.11 Å². The number of carbonyl (C=O) groups is 1. The summed E-state index contributed by atoms with van der Waals surface area (Å²) in [7, 11) is 1.35. The Labute approximate surface area is 81.1 Å². The lowest BCUT2D eigenvalue weighted by molar-refractivity contribution is -0.137. The van der Waals surface area contributed by atoms with E-state index in [1.807, 2.05) is 0 Å². The smallest absolute Gasteiger partial charge is 0.302 e. The number of aliphatic hydroxyl groups is 1. The van der Waals surface area contributed by atoms with Crippen molar-refractivity contribution in [1.82, 2.24) is 0 Å². The molecule has 3 heteroatoms. The molecule has 0 heterocycles. The van der Waals surface area contributed by atoms with Crippen LogP contribution in [0.1, 0.15) is 46.0 Å². The molecule has 1 N–H and O–H groups in total. The second-order valence-corrected chi connectivity index (χ2v) is 2.83. The van der Waals surface area contributed by atoms with Crippen LogP contribution < -0.4 is 0 Å². The summed E-state index contributed by atoms with van der Waals surface area (Å²) in [4.78, 5) is 9.59. The molecule has 0 aliphatic heterocycles. The van der Waals surface area contributed by atoms with Gasteiger partial charge in [-0.05, 0) is 6.42 Å². The van der Waals surface area contributed by atoms with Gasteiger partial charge in [-0.3, -0.25) is 4.79 Å². The van der Waals surface area contributed by atoms with Crippen molar-refractivity contribution in [2.24, 2.45) is 0 Å². The van der Waals surface area contributed by atoms with Gasteiger partial charge in [0.15, 0.2) is 0 Å². The van der Waals surface area contributed by atoms with Crippen LogP contribution in [0.15, 0.2) is 0 Å². The van der Waals surface area contributed by atoms with E-state index in [0.29, 0.717) is 6.61 Å². The second kappa shape index (κ2) is 14.0. The third-order valence-corrected chi connectivity index (χ3v) is 1.55. The highest BCUT2D eigenvalue weighted by molar-refractivity contribution is 5.65. The predicted molar refractivity (Wildman–Crippen MR) is 53.5 cm³/mol. The number of esters is 1. The van der Waals surface area contributed by atoms with Crippen molar-refractivity contribution >= 4 is 5.97 Å². The summed E-state index contributed by atoms with van der Waals surface area (Å²) in [5, 5.41) is 8.37. The van der Waals surface area contributed by atoms with Gasteiger partial charge in [0, 0.05) is 13.5 Å². The maximum Gasteiger partial charge on any atom is 0.302 e. The number of rotatable bonds is 5. The van der Waals surface area contributed by atoms with Gasteiger partial charge in [-0.2, -0.15) is 0 Å². The van der Waals surface area contributed by atoms with Gasteiger partial charge in [0.1, 0.15) is 0 Å². The summed E-state index contributed by atoms with van der Waals surface area (Å²) in [6.07, 6.45) is 6.08. The molecular weight excluding hydrogens is 168 g/mol. The molecule has 0 saturated heterocycles. The molecule has 13 heavy (non-hydrogen) atoms. The minimum Gasteiger partial charge on any atom is -0.469 e. The van der Waals surface area contributed by atoms with Crippen molar-refractivity contribution in [2.45, 2.75) is 46.0 Å². The Hall–Kier alpha value is -0.570. The van der Waals surface area contributed by atoms with Gasteiger partial charge in [0.05, 0.1) is 7.11 Å². The van der Waals surface area contributed by atoms with Crippen LogP contribution >= 0.6 is 0 Å². The Morgan fingerprint density at radius 3 is 2.00 bits per heavy atom. The van der Waals surface area contributed by atoms with Gasteiger partial charge in [-0.1, -0.05) is 32.6 Å². The summed E-state index contributed by atoms with van der Waals surface area (Å²) in [5.41, 5.74) is 0. The summed E-state index contributed by atoms with van der Waals surface area (Å²) in [6, 6.07) is 0.